The van der Waals surface area contributed by atoms with Crippen molar-refractivity contribution in [3.8, 4) is 10.7 Å². The highest BCUT2D eigenvalue weighted by atomic mass is 35.5. The Balaban J connectivity index is 1.43. The second kappa shape index (κ2) is 7.92. The Hall–Kier alpha value is -2.18. The number of amides is 1. The number of carbonyl (C=O) groups excluding carboxylic acids is 1. The molecule has 0 bridgehead atoms. The van der Waals surface area contributed by atoms with E-state index in [0.717, 1.165) is 66.4 Å². The molecule has 1 aliphatic heterocycles. The minimum Gasteiger partial charge on any atom is -0.352 e. The van der Waals surface area contributed by atoms with Crippen LogP contribution < -0.4 is 4.90 Å². The number of rotatable bonds is 3. The van der Waals surface area contributed by atoms with E-state index in [1.807, 2.05) is 40.6 Å². The van der Waals surface area contributed by atoms with Gasteiger partial charge in [0.05, 0.1) is 10.4 Å². The van der Waals surface area contributed by atoms with Crippen molar-refractivity contribution in [2.24, 2.45) is 5.92 Å². The van der Waals surface area contributed by atoms with Crippen molar-refractivity contribution in [1.29, 1.82) is 0 Å². The van der Waals surface area contributed by atoms with Gasteiger partial charge in [-0.25, -0.2) is 9.97 Å². The fourth-order valence-electron chi connectivity index (χ4n) is 4.41. The number of thiophene rings is 1. The summed E-state index contributed by atoms with van der Waals surface area (Å²) in [4.78, 5) is 27.8. The molecule has 3 heterocycles. The van der Waals surface area contributed by atoms with E-state index in [1.54, 1.807) is 11.3 Å². The molecule has 7 heteroatoms. The van der Waals surface area contributed by atoms with Crippen LogP contribution in [0.15, 0.2) is 35.7 Å². The van der Waals surface area contributed by atoms with Gasteiger partial charge in [-0.05, 0) is 42.5 Å². The van der Waals surface area contributed by atoms with E-state index in [-0.39, 0.29) is 5.92 Å². The first-order valence-electron chi connectivity index (χ1n) is 10.2. The summed E-state index contributed by atoms with van der Waals surface area (Å²) in [6, 6.07) is 9.85. The molecule has 2 fully saturated rings. The molecule has 0 unspecified atom stereocenters. The summed E-state index contributed by atoms with van der Waals surface area (Å²) in [5, 5.41) is 3.71. The largest absolute Gasteiger partial charge is 0.352 e. The quantitative estimate of drug-likeness (QED) is 0.600. The topological polar surface area (TPSA) is 49.3 Å². The monoisotopic (exact) mass is 426 g/mol. The lowest BCUT2D eigenvalue weighted by atomic mass is 10.1. The van der Waals surface area contributed by atoms with Crippen LogP contribution in [0.25, 0.3) is 21.6 Å². The lowest BCUT2D eigenvalue weighted by Crippen LogP contribution is -2.50. The van der Waals surface area contributed by atoms with Crippen LogP contribution in [0.5, 0.6) is 0 Å². The predicted octanol–water partition coefficient (Wildman–Crippen LogP) is 4.85. The van der Waals surface area contributed by atoms with Crippen molar-refractivity contribution >= 4 is 45.6 Å². The van der Waals surface area contributed by atoms with E-state index in [0.29, 0.717) is 10.9 Å². The molecular formula is C22H23ClN4OS. The van der Waals surface area contributed by atoms with Crippen LogP contribution in [0, 0.1) is 5.92 Å². The number of hydrogen-bond acceptors (Lipinski definition) is 5. The number of halogens is 1. The number of carbonyl (C=O) groups is 1. The van der Waals surface area contributed by atoms with Gasteiger partial charge in [0.1, 0.15) is 5.82 Å². The van der Waals surface area contributed by atoms with E-state index < -0.39 is 0 Å². The average molecular weight is 427 g/mol. The van der Waals surface area contributed by atoms with E-state index in [2.05, 4.69) is 4.90 Å². The van der Waals surface area contributed by atoms with E-state index in [4.69, 9.17) is 21.6 Å². The molecule has 5 nitrogen and oxygen atoms in total. The van der Waals surface area contributed by atoms with Crippen LogP contribution in [-0.2, 0) is 4.79 Å². The molecule has 1 amide bonds. The van der Waals surface area contributed by atoms with E-state index in [9.17, 15) is 4.79 Å². The van der Waals surface area contributed by atoms with Gasteiger partial charge in [-0.1, -0.05) is 30.5 Å². The molecule has 29 heavy (non-hydrogen) atoms. The van der Waals surface area contributed by atoms with Gasteiger partial charge >= 0.3 is 0 Å². The summed E-state index contributed by atoms with van der Waals surface area (Å²) >= 11 is 7.87. The fraction of sp³-hybridized carbons (Fsp3) is 0.409. The summed E-state index contributed by atoms with van der Waals surface area (Å²) in [7, 11) is 0. The molecule has 2 aromatic heterocycles. The number of nitrogens with zero attached hydrogens (tertiary/aromatic N) is 4. The summed E-state index contributed by atoms with van der Waals surface area (Å²) in [6.45, 7) is 3.08. The zero-order valence-corrected chi connectivity index (χ0v) is 17.8. The lowest BCUT2D eigenvalue weighted by Gasteiger charge is -2.37. The summed E-state index contributed by atoms with van der Waals surface area (Å²) < 4.78 is 0. The predicted molar refractivity (Wildman–Crippen MR) is 119 cm³/mol. The number of benzene rings is 1. The minimum absolute atomic E-state index is 0.244. The first-order valence-corrected chi connectivity index (χ1v) is 11.5. The van der Waals surface area contributed by atoms with Crippen LogP contribution >= 0.6 is 22.9 Å². The highest BCUT2D eigenvalue weighted by Crippen LogP contribution is 2.32. The zero-order chi connectivity index (χ0) is 19.8. The number of hydrogen-bond donors (Lipinski definition) is 0. The second-order valence-corrected chi connectivity index (χ2v) is 9.19. The highest BCUT2D eigenvalue weighted by molar-refractivity contribution is 7.13. The van der Waals surface area contributed by atoms with Gasteiger partial charge in [-0.3, -0.25) is 4.79 Å². The number of anilines is 1. The Kier molecular flexibility index (Phi) is 5.14. The van der Waals surface area contributed by atoms with Crippen molar-refractivity contribution in [3.05, 3.63) is 40.7 Å². The molecular weight excluding hydrogens is 404 g/mol. The Morgan fingerprint density at radius 1 is 1.07 bits per heavy atom. The van der Waals surface area contributed by atoms with Gasteiger partial charge in [0.15, 0.2) is 5.82 Å². The SMILES string of the molecule is O=C(C1CCCC1)N1CCN(c2nc(-c3cccs3)nc3cc(Cl)ccc23)CC1. The number of fused-ring (bicyclic) bond motifs is 1. The minimum atomic E-state index is 0.244. The molecule has 0 spiro atoms. The Morgan fingerprint density at radius 2 is 1.86 bits per heavy atom. The average Bonchev–Trinajstić information content (AvgIpc) is 3.46. The maximum absolute atomic E-state index is 12.8. The van der Waals surface area contributed by atoms with Crippen molar-refractivity contribution in [3.63, 3.8) is 0 Å². The summed E-state index contributed by atoms with van der Waals surface area (Å²) in [6.07, 6.45) is 4.50. The van der Waals surface area contributed by atoms with Crippen LogP contribution in [0.1, 0.15) is 25.7 Å². The van der Waals surface area contributed by atoms with Gasteiger partial charge in [0.25, 0.3) is 0 Å². The molecule has 1 saturated heterocycles. The van der Waals surface area contributed by atoms with E-state index >= 15 is 0 Å². The summed E-state index contributed by atoms with van der Waals surface area (Å²) in [5.74, 6) is 2.26. The first kappa shape index (κ1) is 18.8. The molecule has 0 N–H and O–H groups in total. The summed E-state index contributed by atoms with van der Waals surface area (Å²) in [5.41, 5.74) is 0.857. The molecule has 1 aliphatic carbocycles. The number of aromatic nitrogens is 2. The van der Waals surface area contributed by atoms with Crippen molar-refractivity contribution < 1.29 is 4.79 Å². The van der Waals surface area contributed by atoms with Crippen molar-refractivity contribution in [1.82, 2.24) is 14.9 Å². The van der Waals surface area contributed by atoms with Gasteiger partial charge in [-0.2, -0.15) is 0 Å². The van der Waals surface area contributed by atoms with Crippen LogP contribution in [-0.4, -0.2) is 47.0 Å². The van der Waals surface area contributed by atoms with Crippen LogP contribution in [0.3, 0.4) is 0 Å². The molecule has 150 valence electrons. The van der Waals surface area contributed by atoms with Crippen molar-refractivity contribution in [2.75, 3.05) is 31.1 Å². The molecule has 5 rings (SSSR count). The third-order valence-corrected chi connectivity index (χ3v) is 7.08. The molecule has 0 atom stereocenters. The van der Waals surface area contributed by atoms with E-state index in [1.165, 1.54) is 12.8 Å². The number of piperazine rings is 1. The Morgan fingerprint density at radius 3 is 2.59 bits per heavy atom. The normalized spacial score (nSPS) is 18.0. The van der Waals surface area contributed by atoms with Gasteiger partial charge in [0.2, 0.25) is 5.91 Å². The highest BCUT2D eigenvalue weighted by Gasteiger charge is 2.30. The van der Waals surface area contributed by atoms with Crippen LogP contribution in [0.2, 0.25) is 5.02 Å². The third-order valence-electron chi connectivity index (χ3n) is 5.98. The zero-order valence-electron chi connectivity index (χ0n) is 16.2. The molecule has 2 aliphatic rings. The Bertz CT molecular complexity index is 1020. The smallest absolute Gasteiger partial charge is 0.225 e. The first-order chi connectivity index (χ1) is 14.2. The fourth-order valence-corrected chi connectivity index (χ4v) is 5.24. The lowest BCUT2D eigenvalue weighted by molar-refractivity contribution is -0.135. The van der Waals surface area contributed by atoms with Gasteiger partial charge in [-0.15, -0.1) is 11.3 Å². The maximum Gasteiger partial charge on any atom is 0.225 e. The molecule has 1 saturated carbocycles. The molecule has 0 radical (unpaired) electrons. The molecule has 1 aromatic carbocycles. The van der Waals surface area contributed by atoms with Gasteiger partial charge < -0.3 is 9.80 Å². The molecule has 3 aromatic rings. The maximum atomic E-state index is 12.8. The van der Waals surface area contributed by atoms with Gasteiger partial charge in [0, 0.05) is 42.5 Å². The second-order valence-electron chi connectivity index (χ2n) is 7.80. The van der Waals surface area contributed by atoms with Crippen molar-refractivity contribution in [2.45, 2.75) is 25.7 Å². The standard InChI is InChI=1S/C22H23ClN4OS/c23-16-7-8-17-18(14-16)24-20(19-6-3-13-29-19)25-21(17)26-9-11-27(12-10-26)22(28)15-4-1-2-5-15/h3,6-8,13-15H,1-2,4-5,9-12H2. The third kappa shape index (κ3) is 3.71. The van der Waals surface area contributed by atoms with Crippen LogP contribution in [0.4, 0.5) is 5.82 Å². The Labute approximate surface area is 179 Å².